The molecule has 0 aromatic heterocycles. The Morgan fingerprint density at radius 1 is 1.47 bits per heavy atom. The summed E-state index contributed by atoms with van der Waals surface area (Å²) in [6.07, 6.45) is 3.68. The maximum absolute atomic E-state index is 11.1. The van der Waals surface area contributed by atoms with E-state index >= 15 is 0 Å². The molecule has 1 aromatic rings. The van der Waals surface area contributed by atoms with Gasteiger partial charge >= 0.3 is 0 Å². The third kappa shape index (κ3) is 3.16. The topological polar surface area (TPSA) is 66.6 Å². The van der Waals surface area contributed by atoms with E-state index in [-0.39, 0.29) is 23.3 Å². The molecule has 104 valence electrons. The number of aliphatic hydroxyl groups is 1. The molecule has 6 heteroatoms. The summed E-state index contributed by atoms with van der Waals surface area (Å²) in [5.41, 5.74) is 0.643. The minimum atomic E-state index is -0.379. The molecule has 0 saturated carbocycles. The molecule has 1 unspecified atom stereocenters. The van der Waals surface area contributed by atoms with Crippen LogP contribution in [0.25, 0.3) is 0 Å². The van der Waals surface area contributed by atoms with E-state index in [2.05, 4.69) is 0 Å². The van der Waals surface area contributed by atoms with Gasteiger partial charge in [-0.05, 0) is 37.8 Å². The fourth-order valence-electron chi connectivity index (χ4n) is 2.65. The first kappa shape index (κ1) is 14.1. The Morgan fingerprint density at radius 3 is 2.95 bits per heavy atom. The van der Waals surface area contributed by atoms with E-state index in [0.717, 1.165) is 25.8 Å². The van der Waals surface area contributed by atoms with Crippen LogP contribution in [0.3, 0.4) is 0 Å². The van der Waals surface area contributed by atoms with Gasteiger partial charge in [-0.2, -0.15) is 0 Å². The van der Waals surface area contributed by atoms with E-state index in [1.165, 1.54) is 12.1 Å². The molecule has 0 bridgehead atoms. The highest BCUT2D eigenvalue weighted by atomic mass is 35.5. The normalized spacial score (nSPS) is 19.5. The van der Waals surface area contributed by atoms with Gasteiger partial charge in [0.15, 0.2) is 0 Å². The van der Waals surface area contributed by atoms with Crippen molar-refractivity contribution in [3.8, 4) is 0 Å². The van der Waals surface area contributed by atoms with Crippen LogP contribution in [0, 0.1) is 10.1 Å². The number of nitro benzene ring substituents is 1. The number of piperidine rings is 1. The molecule has 1 aromatic carbocycles. The lowest BCUT2D eigenvalue weighted by Crippen LogP contribution is -2.40. The molecule has 1 N–H and O–H groups in total. The molecule has 5 nitrogen and oxygen atoms in total. The number of hydrogen-bond donors (Lipinski definition) is 1. The standard InChI is InChI=1S/C13H17ClN2O3/c14-10-4-5-12(16(18)19)13(9-10)15-7-2-1-3-11(15)6-8-17/h4-5,9,11,17H,1-3,6-8H2. The number of nitro groups is 1. The Kier molecular flexibility index (Phi) is 4.61. The van der Waals surface area contributed by atoms with Gasteiger partial charge in [-0.3, -0.25) is 10.1 Å². The van der Waals surface area contributed by atoms with E-state index in [0.29, 0.717) is 17.1 Å². The van der Waals surface area contributed by atoms with Crippen molar-refractivity contribution in [2.75, 3.05) is 18.1 Å². The molecule has 0 amide bonds. The first-order valence-electron chi connectivity index (χ1n) is 6.45. The zero-order valence-corrected chi connectivity index (χ0v) is 11.3. The van der Waals surface area contributed by atoms with Gasteiger partial charge < -0.3 is 10.0 Å². The lowest BCUT2D eigenvalue weighted by Gasteiger charge is -2.37. The van der Waals surface area contributed by atoms with Gasteiger partial charge in [0.2, 0.25) is 0 Å². The Balaban J connectivity index is 2.37. The van der Waals surface area contributed by atoms with E-state index < -0.39 is 0 Å². The highest BCUT2D eigenvalue weighted by Crippen LogP contribution is 2.35. The van der Waals surface area contributed by atoms with Gasteiger partial charge in [0.25, 0.3) is 5.69 Å². The molecular weight excluding hydrogens is 268 g/mol. The average Bonchev–Trinajstić information content (AvgIpc) is 2.39. The van der Waals surface area contributed by atoms with Crippen LogP contribution in [0.1, 0.15) is 25.7 Å². The number of nitrogens with zero attached hydrogens (tertiary/aromatic N) is 2. The molecule has 0 radical (unpaired) electrons. The first-order valence-corrected chi connectivity index (χ1v) is 6.82. The molecule has 2 rings (SSSR count). The highest BCUT2D eigenvalue weighted by molar-refractivity contribution is 6.31. The minimum Gasteiger partial charge on any atom is -0.396 e. The molecule has 0 aliphatic carbocycles. The number of rotatable bonds is 4. The van der Waals surface area contributed by atoms with Crippen molar-refractivity contribution in [1.29, 1.82) is 0 Å². The van der Waals surface area contributed by atoms with Crippen molar-refractivity contribution in [3.63, 3.8) is 0 Å². The van der Waals surface area contributed by atoms with E-state index in [9.17, 15) is 10.1 Å². The molecular formula is C13H17ClN2O3. The van der Waals surface area contributed by atoms with Crippen molar-refractivity contribution in [2.24, 2.45) is 0 Å². The van der Waals surface area contributed by atoms with Gasteiger partial charge in [0, 0.05) is 30.3 Å². The van der Waals surface area contributed by atoms with Crippen LogP contribution in [0.15, 0.2) is 18.2 Å². The fraction of sp³-hybridized carbons (Fsp3) is 0.538. The number of aliphatic hydroxyl groups excluding tert-OH is 1. The lowest BCUT2D eigenvalue weighted by atomic mass is 9.98. The predicted molar refractivity (Wildman–Crippen MR) is 74.8 cm³/mol. The molecule has 0 spiro atoms. The number of benzene rings is 1. The Hall–Kier alpha value is -1.33. The number of halogens is 1. The van der Waals surface area contributed by atoms with Crippen LogP contribution in [0.4, 0.5) is 11.4 Å². The summed E-state index contributed by atoms with van der Waals surface area (Å²) >= 11 is 5.97. The zero-order valence-electron chi connectivity index (χ0n) is 10.6. The van der Waals surface area contributed by atoms with Gasteiger partial charge in [-0.15, -0.1) is 0 Å². The van der Waals surface area contributed by atoms with Gasteiger partial charge in [-0.1, -0.05) is 11.6 Å². The SMILES string of the molecule is O=[N+]([O-])c1ccc(Cl)cc1N1CCCCC1CCO. The van der Waals surface area contributed by atoms with Crippen LogP contribution in [0.2, 0.25) is 5.02 Å². The van der Waals surface area contributed by atoms with Crippen LogP contribution < -0.4 is 4.90 Å². The third-order valence-electron chi connectivity index (χ3n) is 3.53. The van der Waals surface area contributed by atoms with E-state index in [1.807, 2.05) is 4.90 Å². The monoisotopic (exact) mass is 284 g/mol. The van der Waals surface area contributed by atoms with Gasteiger partial charge in [0.05, 0.1) is 4.92 Å². The predicted octanol–water partition coefficient (Wildman–Crippen LogP) is 2.99. The summed E-state index contributed by atoms with van der Waals surface area (Å²) in [7, 11) is 0. The van der Waals surface area contributed by atoms with Crippen molar-refractivity contribution in [1.82, 2.24) is 0 Å². The summed E-state index contributed by atoms with van der Waals surface area (Å²) in [5, 5.41) is 20.8. The van der Waals surface area contributed by atoms with Crippen LogP contribution in [-0.2, 0) is 0 Å². The highest BCUT2D eigenvalue weighted by Gasteiger charge is 2.27. The van der Waals surface area contributed by atoms with Crippen molar-refractivity contribution >= 4 is 23.0 Å². The molecule has 1 fully saturated rings. The quantitative estimate of drug-likeness (QED) is 0.682. The summed E-state index contributed by atoms with van der Waals surface area (Å²) in [6.45, 7) is 0.862. The summed E-state index contributed by atoms with van der Waals surface area (Å²) in [4.78, 5) is 12.8. The molecule has 1 aliphatic rings. The Bertz CT molecular complexity index is 465. The lowest BCUT2D eigenvalue weighted by molar-refractivity contribution is -0.384. The number of anilines is 1. The number of hydrogen-bond acceptors (Lipinski definition) is 4. The Labute approximate surface area is 116 Å². The fourth-order valence-corrected chi connectivity index (χ4v) is 2.81. The van der Waals surface area contributed by atoms with Crippen molar-refractivity contribution in [3.05, 3.63) is 33.3 Å². The van der Waals surface area contributed by atoms with Crippen molar-refractivity contribution < 1.29 is 10.0 Å². The van der Waals surface area contributed by atoms with Gasteiger partial charge in [-0.25, -0.2) is 0 Å². The summed E-state index contributed by atoms with van der Waals surface area (Å²) < 4.78 is 0. The molecule has 1 aliphatic heterocycles. The largest absolute Gasteiger partial charge is 0.396 e. The zero-order chi connectivity index (χ0) is 13.8. The van der Waals surface area contributed by atoms with Crippen LogP contribution in [-0.4, -0.2) is 29.2 Å². The average molecular weight is 285 g/mol. The Morgan fingerprint density at radius 2 is 2.26 bits per heavy atom. The maximum Gasteiger partial charge on any atom is 0.292 e. The smallest absolute Gasteiger partial charge is 0.292 e. The van der Waals surface area contributed by atoms with E-state index in [4.69, 9.17) is 16.7 Å². The van der Waals surface area contributed by atoms with E-state index in [1.54, 1.807) is 6.07 Å². The molecule has 1 heterocycles. The molecule has 1 atom stereocenters. The maximum atomic E-state index is 11.1. The van der Waals surface area contributed by atoms with Crippen LogP contribution >= 0.6 is 11.6 Å². The third-order valence-corrected chi connectivity index (χ3v) is 3.77. The second kappa shape index (κ2) is 6.21. The first-order chi connectivity index (χ1) is 9.13. The molecule has 1 saturated heterocycles. The summed E-state index contributed by atoms with van der Waals surface area (Å²) in [6, 6.07) is 4.78. The second-order valence-electron chi connectivity index (χ2n) is 4.75. The molecule has 19 heavy (non-hydrogen) atoms. The van der Waals surface area contributed by atoms with Crippen molar-refractivity contribution in [2.45, 2.75) is 31.7 Å². The summed E-state index contributed by atoms with van der Waals surface area (Å²) in [5.74, 6) is 0. The van der Waals surface area contributed by atoms with Crippen LogP contribution in [0.5, 0.6) is 0 Å². The van der Waals surface area contributed by atoms with Gasteiger partial charge in [0.1, 0.15) is 5.69 Å². The minimum absolute atomic E-state index is 0.0780. The second-order valence-corrected chi connectivity index (χ2v) is 5.18.